The fourth-order valence-electron chi connectivity index (χ4n) is 3.37. The fourth-order valence-corrected chi connectivity index (χ4v) is 3.58. The van der Waals surface area contributed by atoms with E-state index in [1.807, 2.05) is 11.0 Å². The number of ether oxygens (including phenoxy) is 2. The highest BCUT2D eigenvalue weighted by Crippen LogP contribution is 2.27. The summed E-state index contributed by atoms with van der Waals surface area (Å²) in [5.41, 5.74) is 0.737. The summed E-state index contributed by atoms with van der Waals surface area (Å²) >= 11 is 6.05. The van der Waals surface area contributed by atoms with Gasteiger partial charge in [0.15, 0.2) is 11.5 Å². The maximum atomic E-state index is 12.4. The lowest BCUT2D eigenvalue weighted by molar-refractivity contribution is 0.0394. The van der Waals surface area contributed by atoms with Gasteiger partial charge < -0.3 is 19.7 Å². The van der Waals surface area contributed by atoms with Gasteiger partial charge in [-0.25, -0.2) is 0 Å². The van der Waals surface area contributed by atoms with E-state index < -0.39 is 0 Å². The van der Waals surface area contributed by atoms with Crippen LogP contribution in [0.3, 0.4) is 0 Å². The molecule has 1 aliphatic heterocycles. The second kappa shape index (κ2) is 8.64. The zero-order chi connectivity index (χ0) is 20.2. The van der Waals surface area contributed by atoms with Crippen LogP contribution >= 0.6 is 11.6 Å². The largest absolute Gasteiger partial charge is 0.490 e. The van der Waals surface area contributed by atoms with E-state index in [0.717, 1.165) is 25.7 Å². The van der Waals surface area contributed by atoms with Crippen LogP contribution in [0.5, 0.6) is 5.75 Å². The summed E-state index contributed by atoms with van der Waals surface area (Å²) in [5.74, 6) is 1.14. The lowest BCUT2D eigenvalue weighted by atomic mass is 9.93. The van der Waals surface area contributed by atoms with Crippen LogP contribution in [0.4, 0.5) is 5.82 Å². The summed E-state index contributed by atoms with van der Waals surface area (Å²) in [6.45, 7) is 1.00. The predicted octanol–water partition coefficient (Wildman–Crippen LogP) is 2.87. The van der Waals surface area contributed by atoms with Crippen LogP contribution in [0.1, 0.15) is 41.7 Å². The molecule has 1 saturated heterocycles. The number of hydrogen-bond donors (Lipinski definition) is 1. The average molecular weight is 414 g/mol. The van der Waals surface area contributed by atoms with Crippen molar-refractivity contribution in [3.05, 3.63) is 46.6 Å². The van der Waals surface area contributed by atoms with Gasteiger partial charge in [0, 0.05) is 12.1 Å². The molecule has 1 aliphatic carbocycles. The zero-order valence-corrected chi connectivity index (χ0v) is 16.4. The van der Waals surface area contributed by atoms with E-state index in [1.54, 1.807) is 30.3 Å². The Morgan fingerprint density at radius 2 is 2.00 bits per heavy atom. The Hall–Kier alpha value is -2.89. The van der Waals surface area contributed by atoms with Gasteiger partial charge in [0.1, 0.15) is 25.3 Å². The molecular formula is C20H20ClN5O3. The number of nitrogens with zero attached hydrogens (tertiary/aromatic N) is 4. The summed E-state index contributed by atoms with van der Waals surface area (Å²) in [6, 6.07) is 10.7. The molecule has 1 N–H and O–H groups in total. The van der Waals surface area contributed by atoms with Crippen molar-refractivity contribution in [1.82, 2.24) is 15.5 Å². The number of carbonyl (C=O) groups excluding carboxylic acids is 1. The van der Waals surface area contributed by atoms with Gasteiger partial charge in [0.05, 0.1) is 16.7 Å². The molecule has 1 aromatic heterocycles. The van der Waals surface area contributed by atoms with Gasteiger partial charge in [-0.15, -0.1) is 10.2 Å². The van der Waals surface area contributed by atoms with Crippen LogP contribution in [-0.4, -0.2) is 41.7 Å². The van der Waals surface area contributed by atoms with Crippen LogP contribution < -0.4 is 15.0 Å². The lowest BCUT2D eigenvalue weighted by Gasteiger charge is -2.31. The van der Waals surface area contributed by atoms with Gasteiger partial charge in [-0.2, -0.15) is 5.26 Å². The number of amides is 1. The van der Waals surface area contributed by atoms with E-state index in [1.165, 1.54) is 0 Å². The molecule has 2 heterocycles. The monoisotopic (exact) mass is 413 g/mol. The first-order valence-corrected chi connectivity index (χ1v) is 9.84. The number of anilines is 1. The highest BCUT2D eigenvalue weighted by Gasteiger charge is 2.25. The standard InChI is InChI=1S/C20H20ClN5O3/c21-17-9-16(4-1-13(17)10-22)29-15-5-2-14(3-6-15)23-20(27)18-7-8-19(25-24-18)26-11-28-12-26/h1,4,7-9,14-15H,2-3,5-6,11-12H2,(H,23,27)/t14-,15-. The number of nitriles is 1. The Morgan fingerprint density at radius 3 is 2.59 bits per heavy atom. The first kappa shape index (κ1) is 19.4. The molecule has 8 nitrogen and oxygen atoms in total. The van der Waals surface area contributed by atoms with Crippen molar-refractivity contribution < 1.29 is 14.3 Å². The number of aromatic nitrogens is 2. The molecule has 29 heavy (non-hydrogen) atoms. The van der Waals surface area contributed by atoms with Crippen LogP contribution in [0.15, 0.2) is 30.3 Å². The highest BCUT2D eigenvalue weighted by molar-refractivity contribution is 6.31. The van der Waals surface area contributed by atoms with Crippen molar-refractivity contribution in [3.63, 3.8) is 0 Å². The molecule has 150 valence electrons. The average Bonchev–Trinajstić information content (AvgIpc) is 2.69. The van der Waals surface area contributed by atoms with E-state index in [9.17, 15) is 4.79 Å². The summed E-state index contributed by atoms with van der Waals surface area (Å²) in [7, 11) is 0. The predicted molar refractivity (Wildman–Crippen MR) is 106 cm³/mol. The maximum Gasteiger partial charge on any atom is 0.272 e. The molecule has 1 saturated carbocycles. The van der Waals surface area contributed by atoms with Crippen molar-refractivity contribution in [2.75, 3.05) is 18.4 Å². The summed E-state index contributed by atoms with van der Waals surface area (Å²) in [4.78, 5) is 14.3. The molecule has 2 fully saturated rings. The minimum absolute atomic E-state index is 0.0602. The van der Waals surface area contributed by atoms with Crippen molar-refractivity contribution in [1.29, 1.82) is 5.26 Å². The normalized spacial score (nSPS) is 21.0. The number of hydrogen-bond acceptors (Lipinski definition) is 7. The van der Waals surface area contributed by atoms with Gasteiger partial charge in [0.25, 0.3) is 5.91 Å². The first-order valence-electron chi connectivity index (χ1n) is 9.46. The topological polar surface area (TPSA) is 100 Å². The second-order valence-corrected chi connectivity index (χ2v) is 7.50. The molecule has 0 unspecified atom stereocenters. The third kappa shape index (κ3) is 4.58. The molecule has 0 bridgehead atoms. The molecule has 1 aromatic carbocycles. The molecule has 9 heteroatoms. The molecule has 0 radical (unpaired) electrons. The summed E-state index contributed by atoms with van der Waals surface area (Å²) in [5, 5.41) is 20.5. The number of carbonyl (C=O) groups is 1. The second-order valence-electron chi connectivity index (χ2n) is 7.10. The van der Waals surface area contributed by atoms with Gasteiger partial charge >= 0.3 is 0 Å². The van der Waals surface area contributed by atoms with Gasteiger partial charge in [-0.1, -0.05) is 11.6 Å². The quantitative estimate of drug-likeness (QED) is 0.804. The lowest BCUT2D eigenvalue weighted by Crippen LogP contribution is -2.41. The van der Waals surface area contributed by atoms with Crippen molar-refractivity contribution >= 4 is 23.3 Å². The SMILES string of the molecule is N#Cc1ccc(O[C@H]2CC[C@H](NC(=O)c3ccc(N4COC4)nn3)CC2)cc1Cl. The Balaban J connectivity index is 1.25. The molecular weight excluding hydrogens is 394 g/mol. The van der Waals surface area contributed by atoms with Crippen molar-refractivity contribution in [2.45, 2.75) is 37.8 Å². The van der Waals surface area contributed by atoms with E-state index in [-0.39, 0.29) is 18.1 Å². The van der Waals surface area contributed by atoms with Gasteiger partial charge in [0.2, 0.25) is 0 Å². The highest BCUT2D eigenvalue weighted by atomic mass is 35.5. The Kier molecular flexibility index (Phi) is 5.79. The summed E-state index contributed by atoms with van der Waals surface area (Å²) in [6.07, 6.45) is 3.34. The summed E-state index contributed by atoms with van der Waals surface area (Å²) < 4.78 is 11.1. The van der Waals surface area contributed by atoms with Gasteiger partial charge in [-0.05, 0) is 49.9 Å². The van der Waals surface area contributed by atoms with Crippen LogP contribution in [0.25, 0.3) is 0 Å². The molecule has 0 spiro atoms. The van der Waals surface area contributed by atoms with Crippen molar-refractivity contribution in [3.8, 4) is 11.8 Å². The number of rotatable bonds is 5. The first-order chi connectivity index (χ1) is 14.1. The number of benzene rings is 1. The smallest absolute Gasteiger partial charge is 0.272 e. The molecule has 4 rings (SSSR count). The van der Waals surface area contributed by atoms with Crippen LogP contribution in [0.2, 0.25) is 5.02 Å². The van der Waals surface area contributed by atoms with E-state index in [2.05, 4.69) is 15.5 Å². The van der Waals surface area contributed by atoms with Crippen molar-refractivity contribution in [2.24, 2.45) is 0 Å². The van der Waals surface area contributed by atoms with E-state index >= 15 is 0 Å². The van der Waals surface area contributed by atoms with Crippen LogP contribution in [0, 0.1) is 11.3 Å². The maximum absolute atomic E-state index is 12.4. The van der Waals surface area contributed by atoms with E-state index in [4.69, 9.17) is 26.3 Å². The Labute approximate surface area is 173 Å². The third-order valence-corrected chi connectivity index (χ3v) is 5.39. The third-order valence-electron chi connectivity index (χ3n) is 5.07. The zero-order valence-electron chi connectivity index (χ0n) is 15.7. The fraction of sp³-hybridized carbons (Fsp3) is 0.400. The molecule has 2 aliphatic rings. The number of halogens is 1. The number of nitrogens with one attached hydrogen (secondary N) is 1. The van der Waals surface area contributed by atoms with E-state index in [0.29, 0.717) is 41.3 Å². The minimum atomic E-state index is -0.216. The molecule has 0 atom stereocenters. The molecule has 1 amide bonds. The Bertz CT molecular complexity index is 919. The molecule has 2 aromatic rings. The minimum Gasteiger partial charge on any atom is -0.490 e. The Morgan fingerprint density at radius 1 is 1.21 bits per heavy atom. The van der Waals surface area contributed by atoms with Crippen LogP contribution in [-0.2, 0) is 4.74 Å². The van der Waals surface area contributed by atoms with Gasteiger partial charge in [-0.3, -0.25) is 4.79 Å².